The van der Waals surface area contributed by atoms with Crippen molar-refractivity contribution < 1.29 is 44.2 Å². The minimum Gasteiger partial charge on any atom is -0.457 e. The second-order valence-electron chi connectivity index (χ2n) is 15.1. The Balaban J connectivity index is 2.28. The van der Waals surface area contributed by atoms with Crippen molar-refractivity contribution in [3.63, 3.8) is 0 Å². The third-order valence-electron chi connectivity index (χ3n) is 10.2. The molecule has 0 saturated carbocycles. The number of allylic oxidation sites excluding steroid dienone is 2. The van der Waals surface area contributed by atoms with Crippen molar-refractivity contribution in [2.45, 2.75) is 230 Å². The van der Waals surface area contributed by atoms with Crippen molar-refractivity contribution in [3.05, 3.63) is 12.2 Å². The smallest absolute Gasteiger partial charge is 0.306 e. The third-order valence-corrected chi connectivity index (χ3v) is 10.2. The van der Waals surface area contributed by atoms with Gasteiger partial charge in [-0.1, -0.05) is 161 Å². The van der Waals surface area contributed by atoms with Gasteiger partial charge in [0.25, 0.3) is 0 Å². The van der Waals surface area contributed by atoms with E-state index in [-0.39, 0.29) is 19.2 Å². The molecule has 0 aromatic rings. The highest BCUT2D eigenvalue weighted by Gasteiger charge is 2.44. The van der Waals surface area contributed by atoms with Crippen LogP contribution in [0.3, 0.4) is 0 Å². The lowest BCUT2D eigenvalue weighted by Gasteiger charge is -2.39. The van der Waals surface area contributed by atoms with Crippen molar-refractivity contribution in [1.82, 2.24) is 0 Å². The van der Waals surface area contributed by atoms with E-state index in [0.717, 1.165) is 44.9 Å². The zero-order chi connectivity index (χ0) is 37.9. The summed E-state index contributed by atoms with van der Waals surface area (Å²) in [5.74, 6) is -0.320. The fraction of sp³-hybridized carbons (Fsp3) is 0.930. The van der Waals surface area contributed by atoms with Gasteiger partial charge in [0, 0.05) is 13.0 Å². The first-order valence-electron chi connectivity index (χ1n) is 21.8. The van der Waals surface area contributed by atoms with Crippen LogP contribution in [0.5, 0.6) is 0 Å². The minimum absolute atomic E-state index is 0.112. The molecule has 1 aliphatic heterocycles. The molecule has 1 saturated heterocycles. The quantitative estimate of drug-likeness (QED) is 0.0279. The van der Waals surface area contributed by atoms with Crippen LogP contribution in [0.15, 0.2) is 12.2 Å². The molecule has 1 fully saturated rings. The van der Waals surface area contributed by atoms with E-state index in [1.165, 1.54) is 128 Å². The second-order valence-corrected chi connectivity index (χ2v) is 15.1. The monoisotopic (exact) mass is 743 g/mol. The van der Waals surface area contributed by atoms with Crippen LogP contribution in [-0.4, -0.2) is 89.6 Å². The maximum absolute atomic E-state index is 12.7. The SMILES string of the molecule is CCCCCCC/C=C\CCCCCCCC(=O)OC(COCCCCCCCCCCCCCCCCC)COC1OC(CO)C(O)C(O)C1O. The van der Waals surface area contributed by atoms with Crippen LogP contribution in [-0.2, 0) is 23.7 Å². The van der Waals surface area contributed by atoms with E-state index in [9.17, 15) is 25.2 Å². The zero-order valence-corrected chi connectivity index (χ0v) is 33.6. The average Bonchev–Trinajstić information content (AvgIpc) is 3.14. The van der Waals surface area contributed by atoms with Gasteiger partial charge in [-0.05, 0) is 38.5 Å². The molecule has 1 heterocycles. The number of rotatable bonds is 37. The predicted molar refractivity (Wildman–Crippen MR) is 210 cm³/mol. The van der Waals surface area contributed by atoms with Crippen LogP contribution >= 0.6 is 0 Å². The summed E-state index contributed by atoms with van der Waals surface area (Å²) in [6.07, 6.45) is 30.9. The Kier molecular flexibility index (Phi) is 33.5. The second kappa shape index (κ2) is 35.6. The molecule has 6 atom stereocenters. The number of ether oxygens (including phenoxy) is 4. The summed E-state index contributed by atoms with van der Waals surface area (Å²) in [6.45, 7) is 4.56. The van der Waals surface area contributed by atoms with E-state index in [4.69, 9.17) is 18.9 Å². The van der Waals surface area contributed by atoms with E-state index in [1.54, 1.807) is 0 Å². The van der Waals surface area contributed by atoms with E-state index >= 15 is 0 Å². The first kappa shape index (κ1) is 48.9. The lowest BCUT2D eigenvalue weighted by molar-refractivity contribution is -0.305. The molecule has 0 bridgehead atoms. The van der Waals surface area contributed by atoms with Crippen LogP contribution in [0, 0.1) is 0 Å². The normalized spacial score (nSPS) is 21.2. The first-order valence-corrected chi connectivity index (χ1v) is 21.8. The maximum Gasteiger partial charge on any atom is 0.306 e. The molecule has 52 heavy (non-hydrogen) atoms. The fourth-order valence-electron chi connectivity index (χ4n) is 6.72. The Labute approximate surface area is 318 Å². The highest BCUT2D eigenvalue weighted by atomic mass is 16.7. The van der Waals surface area contributed by atoms with Crippen LogP contribution < -0.4 is 0 Å². The molecule has 0 spiro atoms. The van der Waals surface area contributed by atoms with Gasteiger partial charge in [0.15, 0.2) is 6.29 Å². The summed E-state index contributed by atoms with van der Waals surface area (Å²) in [5, 5.41) is 40.0. The summed E-state index contributed by atoms with van der Waals surface area (Å²) in [7, 11) is 0. The number of aliphatic hydroxyl groups is 4. The number of unbranched alkanes of at least 4 members (excludes halogenated alkanes) is 24. The third kappa shape index (κ3) is 26.7. The number of carbonyl (C=O) groups excluding carboxylic acids is 1. The predicted octanol–water partition coefficient (Wildman–Crippen LogP) is 9.25. The number of hydrogen-bond acceptors (Lipinski definition) is 9. The molecule has 0 amide bonds. The van der Waals surface area contributed by atoms with Gasteiger partial charge in [-0.3, -0.25) is 4.79 Å². The molecule has 0 aliphatic carbocycles. The fourth-order valence-corrected chi connectivity index (χ4v) is 6.72. The minimum atomic E-state index is -1.53. The Morgan fingerprint density at radius 2 is 1.06 bits per heavy atom. The largest absolute Gasteiger partial charge is 0.457 e. The highest BCUT2D eigenvalue weighted by molar-refractivity contribution is 5.69. The highest BCUT2D eigenvalue weighted by Crippen LogP contribution is 2.22. The Hall–Kier alpha value is -1.07. The number of esters is 1. The molecular formula is C43H82O9. The molecule has 1 aliphatic rings. The van der Waals surface area contributed by atoms with Gasteiger partial charge in [-0.25, -0.2) is 0 Å². The lowest BCUT2D eigenvalue weighted by Crippen LogP contribution is -2.59. The maximum atomic E-state index is 12.7. The van der Waals surface area contributed by atoms with Gasteiger partial charge in [-0.15, -0.1) is 0 Å². The molecule has 0 aromatic heterocycles. The van der Waals surface area contributed by atoms with E-state index < -0.39 is 43.4 Å². The topological polar surface area (TPSA) is 135 Å². The Morgan fingerprint density at radius 1 is 0.596 bits per heavy atom. The number of hydrogen-bond donors (Lipinski definition) is 4. The molecule has 0 aromatic carbocycles. The van der Waals surface area contributed by atoms with Gasteiger partial charge in [0.1, 0.15) is 30.5 Å². The van der Waals surface area contributed by atoms with Crippen molar-refractivity contribution in [3.8, 4) is 0 Å². The van der Waals surface area contributed by atoms with Crippen LogP contribution in [0.1, 0.15) is 194 Å². The van der Waals surface area contributed by atoms with Crippen molar-refractivity contribution in [2.75, 3.05) is 26.4 Å². The van der Waals surface area contributed by atoms with Gasteiger partial charge in [0.2, 0.25) is 0 Å². The van der Waals surface area contributed by atoms with Gasteiger partial charge >= 0.3 is 5.97 Å². The van der Waals surface area contributed by atoms with Gasteiger partial charge in [-0.2, -0.15) is 0 Å². The number of aliphatic hydroxyl groups excluding tert-OH is 4. The van der Waals surface area contributed by atoms with Crippen LogP contribution in [0.4, 0.5) is 0 Å². The molecule has 4 N–H and O–H groups in total. The summed E-state index contributed by atoms with van der Waals surface area (Å²) in [6, 6.07) is 0. The van der Waals surface area contributed by atoms with E-state index in [1.807, 2.05) is 0 Å². The summed E-state index contributed by atoms with van der Waals surface area (Å²) < 4.78 is 22.8. The molecule has 6 unspecified atom stereocenters. The molecule has 308 valence electrons. The number of carbonyl (C=O) groups is 1. The average molecular weight is 743 g/mol. The van der Waals surface area contributed by atoms with E-state index in [2.05, 4.69) is 26.0 Å². The Morgan fingerprint density at radius 3 is 1.56 bits per heavy atom. The molecule has 0 radical (unpaired) electrons. The molecule has 9 heteroatoms. The Bertz CT molecular complexity index is 807. The van der Waals surface area contributed by atoms with Gasteiger partial charge < -0.3 is 39.4 Å². The standard InChI is InChI=1S/C43H82O9/c1-3-5-7-9-11-13-15-17-19-21-23-25-27-29-31-33-49-35-37(36-50-43-42(48)41(47)40(46)38(34-44)52-43)51-39(45)32-30-28-26-24-22-20-18-16-14-12-10-8-6-4-2/h16,18,37-38,40-44,46-48H,3-15,17,19-36H2,1-2H3/b18-16-. The molecular weight excluding hydrogens is 660 g/mol. The van der Waals surface area contributed by atoms with E-state index in [0.29, 0.717) is 13.0 Å². The van der Waals surface area contributed by atoms with Crippen molar-refractivity contribution in [2.24, 2.45) is 0 Å². The summed E-state index contributed by atoms with van der Waals surface area (Å²) >= 11 is 0. The van der Waals surface area contributed by atoms with Gasteiger partial charge in [0.05, 0.1) is 19.8 Å². The summed E-state index contributed by atoms with van der Waals surface area (Å²) in [4.78, 5) is 12.7. The van der Waals surface area contributed by atoms with Crippen LogP contribution in [0.25, 0.3) is 0 Å². The first-order chi connectivity index (χ1) is 25.4. The van der Waals surface area contributed by atoms with Crippen molar-refractivity contribution >= 4 is 5.97 Å². The van der Waals surface area contributed by atoms with Crippen molar-refractivity contribution in [1.29, 1.82) is 0 Å². The lowest BCUT2D eigenvalue weighted by atomic mass is 9.99. The van der Waals surface area contributed by atoms with Crippen LogP contribution in [0.2, 0.25) is 0 Å². The molecule has 1 rings (SSSR count). The zero-order valence-electron chi connectivity index (χ0n) is 33.6. The summed E-state index contributed by atoms with van der Waals surface area (Å²) in [5.41, 5.74) is 0. The molecule has 9 nitrogen and oxygen atoms in total.